The first-order valence-electron chi connectivity index (χ1n) is 7.77. The van der Waals surface area contributed by atoms with E-state index in [-0.39, 0.29) is 5.91 Å². The Balaban J connectivity index is 1.97. The molecular weight excluding hydrogens is 238 g/mol. The van der Waals surface area contributed by atoms with Crippen LogP contribution in [0.5, 0.6) is 0 Å². The molecule has 0 aliphatic carbocycles. The molecule has 0 radical (unpaired) electrons. The summed E-state index contributed by atoms with van der Waals surface area (Å²) in [7, 11) is 0. The number of carbonyl (C=O) groups excluding carboxylic acids is 1. The van der Waals surface area contributed by atoms with Crippen molar-refractivity contribution in [3.05, 3.63) is 0 Å². The molecule has 1 aliphatic heterocycles. The van der Waals surface area contributed by atoms with Gasteiger partial charge in [-0.25, -0.2) is 0 Å². The van der Waals surface area contributed by atoms with Gasteiger partial charge in [-0.2, -0.15) is 0 Å². The third-order valence-corrected chi connectivity index (χ3v) is 3.59. The molecule has 0 bridgehead atoms. The molecule has 1 saturated heterocycles. The molecule has 0 saturated carbocycles. The van der Waals surface area contributed by atoms with Crippen LogP contribution in [0.15, 0.2) is 0 Å². The Morgan fingerprint density at radius 3 is 2.53 bits per heavy atom. The fourth-order valence-electron chi connectivity index (χ4n) is 2.47. The molecule has 1 amide bonds. The number of rotatable bonds is 9. The first-order valence-corrected chi connectivity index (χ1v) is 7.77. The maximum absolute atomic E-state index is 11.6. The van der Waals surface area contributed by atoms with Gasteiger partial charge in [0, 0.05) is 13.1 Å². The average Bonchev–Trinajstić information content (AvgIpc) is 2.81. The van der Waals surface area contributed by atoms with Crippen LogP contribution in [-0.4, -0.2) is 50.1 Å². The van der Waals surface area contributed by atoms with Crippen molar-refractivity contribution in [3.8, 4) is 0 Å². The van der Waals surface area contributed by atoms with Crippen molar-refractivity contribution in [1.29, 1.82) is 0 Å². The first-order chi connectivity index (χ1) is 9.08. The Kier molecular flexibility index (Phi) is 8.07. The summed E-state index contributed by atoms with van der Waals surface area (Å²) >= 11 is 0. The van der Waals surface area contributed by atoms with Crippen LogP contribution in [0.3, 0.4) is 0 Å². The summed E-state index contributed by atoms with van der Waals surface area (Å²) in [6.45, 7) is 12.4. The summed E-state index contributed by atoms with van der Waals surface area (Å²) in [6.07, 6.45) is 3.74. The fraction of sp³-hybridized carbons (Fsp3) is 0.933. The molecule has 112 valence electrons. The minimum Gasteiger partial charge on any atom is -0.355 e. The van der Waals surface area contributed by atoms with E-state index in [1.54, 1.807) is 0 Å². The molecule has 0 aromatic carbocycles. The molecule has 1 aliphatic rings. The molecule has 0 aromatic rings. The van der Waals surface area contributed by atoms with Gasteiger partial charge in [0.15, 0.2) is 0 Å². The largest absolute Gasteiger partial charge is 0.355 e. The summed E-state index contributed by atoms with van der Waals surface area (Å²) in [5.41, 5.74) is 0. The van der Waals surface area contributed by atoms with Crippen LogP contribution in [0.2, 0.25) is 0 Å². The van der Waals surface area contributed by atoms with Crippen molar-refractivity contribution in [2.24, 2.45) is 11.8 Å². The van der Waals surface area contributed by atoms with Gasteiger partial charge in [0.05, 0.1) is 6.54 Å². The van der Waals surface area contributed by atoms with Crippen LogP contribution < -0.4 is 10.6 Å². The second kappa shape index (κ2) is 9.32. The summed E-state index contributed by atoms with van der Waals surface area (Å²) in [6, 6.07) is 0. The van der Waals surface area contributed by atoms with Gasteiger partial charge >= 0.3 is 0 Å². The predicted molar refractivity (Wildman–Crippen MR) is 80.2 cm³/mol. The molecule has 19 heavy (non-hydrogen) atoms. The maximum atomic E-state index is 11.6. The van der Waals surface area contributed by atoms with Crippen molar-refractivity contribution in [3.63, 3.8) is 0 Å². The third kappa shape index (κ3) is 8.22. The summed E-state index contributed by atoms with van der Waals surface area (Å²) in [4.78, 5) is 14.1. The van der Waals surface area contributed by atoms with Crippen molar-refractivity contribution < 1.29 is 4.79 Å². The van der Waals surface area contributed by atoms with E-state index >= 15 is 0 Å². The van der Waals surface area contributed by atoms with Gasteiger partial charge in [-0.05, 0) is 50.7 Å². The number of nitrogens with one attached hydrogen (secondary N) is 2. The van der Waals surface area contributed by atoms with E-state index in [4.69, 9.17) is 0 Å². The Bertz CT molecular complexity index is 250. The molecule has 1 unspecified atom stereocenters. The molecule has 1 atom stereocenters. The standard InChI is InChI=1S/C15H31N3O/c1-13(2)6-7-17-15(19)11-16-10-14(3)12-18-8-4-5-9-18/h13-14,16H,4-12H2,1-3H3,(H,17,19). The average molecular weight is 269 g/mol. The zero-order chi connectivity index (χ0) is 14.1. The highest BCUT2D eigenvalue weighted by Gasteiger charge is 2.14. The first kappa shape index (κ1) is 16.4. The Morgan fingerprint density at radius 1 is 1.21 bits per heavy atom. The van der Waals surface area contributed by atoms with Crippen molar-refractivity contribution >= 4 is 5.91 Å². The van der Waals surface area contributed by atoms with Gasteiger partial charge in [0.25, 0.3) is 0 Å². The number of likely N-dealkylation sites (tertiary alicyclic amines) is 1. The van der Waals surface area contributed by atoms with E-state index < -0.39 is 0 Å². The Hall–Kier alpha value is -0.610. The highest BCUT2D eigenvalue weighted by atomic mass is 16.1. The minimum absolute atomic E-state index is 0.119. The third-order valence-electron chi connectivity index (χ3n) is 3.59. The van der Waals surface area contributed by atoms with Crippen LogP contribution in [0.25, 0.3) is 0 Å². The molecule has 0 spiro atoms. The molecule has 0 aromatic heterocycles. The van der Waals surface area contributed by atoms with Gasteiger partial charge in [-0.15, -0.1) is 0 Å². The van der Waals surface area contributed by atoms with E-state index in [9.17, 15) is 4.79 Å². The van der Waals surface area contributed by atoms with E-state index in [1.165, 1.54) is 25.9 Å². The van der Waals surface area contributed by atoms with Crippen LogP contribution in [-0.2, 0) is 4.79 Å². The molecule has 4 heteroatoms. The van der Waals surface area contributed by atoms with Crippen molar-refractivity contribution in [1.82, 2.24) is 15.5 Å². The molecular formula is C15H31N3O. The van der Waals surface area contributed by atoms with Crippen LogP contribution in [0, 0.1) is 11.8 Å². The predicted octanol–water partition coefficient (Wildman–Crippen LogP) is 1.47. The van der Waals surface area contributed by atoms with Gasteiger partial charge in [-0.3, -0.25) is 4.79 Å². The normalized spacial score (nSPS) is 17.9. The molecule has 1 heterocycles. The lowest BCUT2D eigenvalue weighted by Gasteiger charge is -2.20. The van der Waals surface area contributed by atoms with E-state index in [0.717, 1.165) is 26.1 Å². The molecule has 1 fully saturated rings. The molecule has 1 rings (SSSR count). The second-order valence-electron chi connectivity index (χ2n) is 6.28. The van der Waals surface area contributed by atoms with Crippen LogP contribution in [0.4, 0.5) is 0 Å². The summed E-state index contributed by atoms with van der Waals surface area (Å²) in [5, 5.41) is 6.21. The quantitative estimate of drug-likeness (QED) is 0.666. The van der Waals surface area contributed by atoms with Crippen molar-refractivity contribution in [2.45, 2.75) is 40.0 Å². The van der Waals surface area contributed by atoms with Gasteiger partial charge < -0.3 is 15.5 Å². The van der Waals surface area contributed by atoms with E-state index in [2.05, 4.69) is 36.3 Å². The van der Waals surface area contributed by atoms with Crippen LogP contribution >= 0.6 is 0 Å². The molecule has 4 nitrogen and oxygen atoms in total. The second-order valence-corrected chi connectivity index (χ2v) is 6.28. The highest BCUT2D eigenvalue weighted by molar-refractivity contribution is 5.77. The maximum Gasteiger partial charge on any atom is 0.233 e. The van der Waals surface area contributed by atoms with Gasteiger partial charge in [0.1, 0.15) is 0 Å². The zero-order valence-electron chi connectivity index (χ0n) is 12.9. The topological polar surface area (TPSA) is 44.4 Å². The number of nitrogens with zero attached hydrogens (tertiary/aromatic N) is 1. The Morgan fingerprint density at radius 2 is 1.89 bits per heavy atom. The minimum atomic E-state index is 0.119. The number of hydrogen-bond donors (Lipinski definition) is 2. The Labute approximate surface area is 118 Å². The van der Waals surface area contributed by atoms with Crippen molar-refractivity contribution in [2.75, 3.05) is 39.3 Å². The van der Waals surface area contributed by atoms with E-state index in [1.807, 2.05) is 0 Å². The highest BCUT2D eigenvalue weighted by Crippen LogP contribution is 2.09. The van der Waals surface area contributed by atoms with Crippen LogP contribution in [0.1, 0.15) is 40.0 Å². The summed E-state index contributed by atoms with van der Waals surface area (Å²) in [5.74, 6) is 1.38. The lowest BCUT2D eigenvalue weighted by Crippen LogP contribution is -2.38. The van der Waals surface area contributed by atoms with E-state index in [0.29, 0.717) is 18.4 Å². The number of hydrogen-bond acceptors (Lipinski definition) is 3. The zero-order valence-corrected chi connectivity index (χ0v) is 12.9. The summed E-state index contributed by atoms with van der Waals surface area (Å²) < 4.78 is 0. The van der Waals surface area contributed by atoms with Gasteiger partial charge in [0.2, 0.25) is 5.91 Å². The lowest BCUT2D eigenvalue weighted by molar-refractivity contribution is -0.120. The monoisotopic (exact) mass is 269 g/mol. The SMILES string of the molecule is CC(C)CCNC(=O)CNCC(C)CN1CCCC1. The molecule has 2 N–H and O–H groups in total. The lowest BCUT2D eigenvalue weighted by atomic mass is 10.1. The smallest absolute Gasteiger partial charge is 0.233 e. The number of carbonyl (C=O) groups is 1. The van der Waals surface area contributed by atoms with Gasteiger partial charge in [-0.1, -0.05) is 20.8 Å². The number of amides is 1. The fourth-order valence-corrected chi connectivity index (χ4v) is 2.47.